The Bertz CT molecular complexity index is 1410. The molecule has 1 unspecified atom stereocenters. The van der Waals surface area contributed by atoms with Gasteiger partial charge in [-0.15, -0.1) is 24.5 Å². The quantitative estimate of drug-likeness (QED) is 0.300. The van der Waals surface area contributed by atoms with Gasteiger partial charge in [0.1, 0.15) is 21.8 Å². The number of halogens is 7. The van der Waals surface area contributed by atoms with E-state index in [2.05, 4.69) is 9.46 Å². The van der Waals surface area contributed by atoms with Crippen LogP contribution in [-0.2, 0) is 16.2 Å². The summed E-state index contributed by atoms with van der Waals surface area (Å²) in [5.41, 5.74) is -0.851. The van der Waals surface area contributed by atoms with Crippen molar-refractivity contribution < 1.29 is 44.2 Å². The summed E-state index contributed by atoms with van der Waals surface area (Å²) < 4.78 is 115. The van der Waals surface area contributed by atoms with Crippen LogP contribution in [0.15, 0.2) is 52.7 Å². The van der Waals surface area contributed by atoms with Crippen LogP contribution < -0.4 is 14.2 Å². The fraction of sp³-hybridized carbons (Fsp3) is 0.304. The Morgan fingerprint density at radius 1 is 1.05 bits per heavy atom. The molecular weight excluding hydrogens is 582 g/mol. The summed E-state index contributed by atoms with van der Waals surface area (Å²) in [6.45, 7) is 1.07. The summed E-state index contributed by atoms with van der Waals surface area (Å²) in [5, 5.41) is 0.0154. The minimum absolute atomic E-state index is 0.0154. The molecule has 1 aliphatic heterocycles. The van der Waals surface area contributed by atoms with Crippen LogP contribution in [0.1, 0.15) is 12.0 Å². The maximum absolute atomic E-state index is 13.5. The van der Waals surface area contributed by atoms with E-state index in [0.29, 0.717) is 25.1 Å². The van der Waals surface area contributed by atoms with Crippen molar-refractivity contribution in [3.05, 3.63) is 59.1 Å². The normalized spacial score (nSPS) is 17.0. The van der Waals surface area contributed by atoms with Crippen molar-refractivity contribution in [3.8, 4) is 21.9 Å². The summed E-state index contributed by atoms with van der Waals surface area (Å²) in [6.07, 6.45) is -9.55. The number of benzene rings is 2. The molecule has 4 rings (SSSR count). The lowest BCUT2D eigenvalue weighted by molar-refractivity contribution is -0.274. The first-order chi connectivity index (χ1) is 17.6. The first-order valence-electron chi connectivity index (χ1n) is 10.9. The maximum atomic E-state index is 13.5. The van der Waals surface area contributed by atoms with E-state index in [1.807, 2.05) is 11.9 Å². The second-order valence-corrected chi connectivity index (χ2v) is 11.8. The van der Waals surface area contributed by atoms with Crippen molar-refractivity contribution in [3.63, 3.8) is 0 Å². The minimum Gasteiger partial charge on any atom is -0.488 e. The number of rotatable bonds is 7. The van der Waals surface area contributed by atoms with Crippen LogP contribution in [0, 0.1) is 0 Å². The van der Waals surface area contributed by atoms with Gasteiger partial charge < -0.3 is 14.4 Å². The number of anilines is 1. The topological polar surface area (TPSA) is 67.9 Å². The maximum Gasteiger partial charge on any atom is 0.573 e. The molecular formula is C23H19ClF6N2O4S2. The van der Waals surface area contributed by atoms with Crippen molar-refractivity contribution in [1.82, 2.24) is 4.90 Å². The van der Waals surface area contributed by atoms with E-state index >= 15 is 0 Å². The molecule has 1 saturated heterocycles. The van der Waals surface area contributed by atoms with Gasteiger partial charge >= 0.3 is 12.5 Å². The van der Waals surface area contributed by atoms with Gasteiger partial charge in [0.15, 0.2) is 0 Å². The highest BCUT2D eigenvalue weighted by Gasteiger charge is 2.36. The first-order valence-corrected chi connectivity index (χ1v) is 13.5. The van der Waals surface area contributed by atoms with Crippen LogP contribution in [0.2, 0.25) is 5.02 Å². The number of nitrogens with one attached hydrogen (secondary N) is 1. The molecule has 1 aromatic heterocycles. The zero-order valence-electron chi connectivity index (χ0n) is 19.4. The predicted octanol–water partition coefficient (Wildman–Crippen LogP) is 6.87. The molecule has 2 heterocycles. The Labute approximate surface area is 222 Å². The molecule has 1 fully saturated rings. The third kappa shape index (κ3) is 6.84. The molecule has 3 aromatic rings. The van der Waals surface area contributed by atoms with Crippen molar-refractivity contribution in [1.29, 1.82) is 0 Å². The zero-order valence-corrected chi connectivity index (χ0v) is 21.7. The number of hydrogen-bond acceptors (Lipinski definition) is 6. The van der Waals surface area contributed by atoms with Gasteiger partial charge in [-0.3, -0.25) is 4.72 Å². The number of likely N-dealkylation sites (tertiary alicyclic amines) is 1. The third-order valence-corrected chi connectivity index (χ3v) is 8.91. The highest BCUT2D eigenvalue weighted by Crippen LogP contribution is 2.41. The van der Waals surface area contributed by atoms with Crippen molar-refractivity contribution >= 4 is 38.6 Å². The van der Waals surface area contributed by atoms with Gasteiger partial charge in [-0.2, -0.15) is 13.2 Å². The van der Waals surface area contributed by atoms with Crippen LogP contribution in [-0.4, -0.2) is 45.9 Å². The zero-order chi connectivity index (χ0) is 27.9. The third-order valence-electron chi connectivity index (χ3n) is 5.46. The monoisotopic (exact) mass is 600 g/mol. The SMILES string of the molecule is CN1CCC(Oc2cc(NS(=O)(=O)c3cc(Cl)c(-c4ccc(OC(F)(F)F)cc4)s3)ccc2C(F)(F)F)C1. The molecule has 6 nitrogen and oxygen atoms in total. The highest BCUT2D eigenvalue weighted by atomic mass is 35.5. The van der Waals surface area contributed by atoms with Gasteiger partial charge in [-0.1, -0.05) is 11.6 Å². The molecule has 2 aromatic carbocycles. The van der Waals surface area contributed by atoms with E-state index < -0.39 is 45.7 Å². The molecule has 0 aliphatic carbocycles. The van der Waals surface area contributed by atoms with Gasteiger partial charge in [0.05, 0.1) is 21.2 Å². The standard InChI is InChI=1S/C23H19ClF6N2O4S2/c1-32-9-8-16(12-32)35-19-10-14(4-7-17(19)22(25,26)27)31-38(33,34)20-11-18(24)21(37-20)13-2-5-15(6-3-13)36-23(28,29)30/h2-7,10-11,16,31H,8-9,12H2,1H3. The summed E-state index contributed by atoms with van der Waals surface area (Å²) >= 11 is 6.93. The van der Waals surface area contributed by atoms with Crippen LogP contribution >= 0.6 is 22.9 Å². The number of nitrogens with zero attached hydrogens (tertiary/aromatic N) is 1. The van der Waals surface area contributed by atoms with Gasteiger partial charge in [-0.05, 0) is 61.5 Å². The Kier molecular flexibility index (Phi) is 7.81. The minimum atomic E-state index is -4.87. The largest absolute Gasteiger partial charge is 0.573 e. The van der Waals surface area contributed by atoms with Crippen LogP contribution in [0.3, 0.4) is 0 Å². The molecule has 0 spiro atoms. The summed E-state index contributed by atoms with van der Waals surface area (Å²) in [4.78, 5) is 2.16. The lowest BCUT2D eigenvalue weighted by atomic mass is 10.1. The van der Waals surface area contributed by atoms with E-state index in [1.54, 1.807) is 0 Å². The number of sulfonamides is 1. The molecule has 1 aliphatic rings. The molecule has 0 bridgehead atoms. The Balaban J connectivity index is 1.57. The van der Waals surface area contributed by atoms with Gasteiger partial charge in [0.2, 0.25) is 0 Å². The van der Waals surface area contributed by atoms with Gasteiger partial charge in [0, 0.05) is 19.2 Å². The Morgan fingerprint density at radius 3 is 2.32 bits per heavy atom. The number of hydrogen-bond donors (Lipinski definition) is 1. The molecule has 38 heavy (non-hydrogen) atoms. The van der Waals surface area contributed by atoms with E-state index in [-0.39, 0.29) is 19.8 Å². The molecule has 0 saturated carbocycles. The molecule has 206 valence electrons. The van der Waals surface area contributed by atoms with E-state index in [0.717, 1.165) is 47.7 Å². The average molecular weight is 601 g/mol. The molecule has 15 heteroatoms. The number of likely N-dealkylation sites (N-methyl/N-ethyl adjacent to an activating group) is 1. The fourth-order valence-electron chi connectivity index (χ4n) is 3.78. The molecule has 0 radical (unpaired) electrons. The van der Waals surface area contributed by atoms with Crippen LogP contribution in [0.5, 0.6) is 11.5 Å². The number of alkyl halides is 6. The van der Waals surface area contributed by atoms with Crippen LogP contribution in [0.4, 0.5) is 32.0 Å². The summed E-state index contributed by atoms with van der Waals surface area (Å²) in [7, 11) is -2.48. The second kappa shape index (κ2) is 10.5. The molecule has 0 amide bonds. The fourth-order valence-corrected chi connectivity index (χ4v) is 6.65. The van der Waals surface area contributed by atoms with E-state index in [4.69, 9.17) is 16.3 Å². The van der Waals surface area contributed by atoms with E-state index in [9.17, 15) is 34.8 Å². The van der Waals surface area contributed by atoms with Crippen LogP contribution in [0.25, 0.3) is 10.4 Å². The molecule has 1 N–H and O–H groups in total. The highest BCUT2D eigenvalue weighted by molar-refractivity contribution is 7.94. The first kappa shape index (κ1) is 28.3. The van der Waals surface area contributed by atoms with Crippen molar-refractivity contribution in [2.75, 3.05) is 24.9 Å². The average Bonchev–Trinajstić information content (AvgIpc) is 3.38. The Morgan fingerprint density at radius 2 is 1.74 bits per heavy atom. The van der Waals surface area contributed by atoms with E-state index in [1.165, 1.54) is 12.1 Å². The Hall–Kier alpha value is -2.68. The number of ether oxygens (including phenoxy) is 2. The predicted molar refractivity (Wildman–Crippen MR) is 130 cm³/mol. The summed E-state index contributed by atoms with van der Waals surface area (Å²) in [6, 6.07) is 8.50. The lowest BCUT2D eigenvalue weighted by Crippen LogP contribution is -2.23. The lowest BCUT2D eigenvalue weighted by Gasteiger charge is -2.19. The second-order valence-electron chi connectivity index (χ2n) is 8.42. The smallest absolute Gasteiger partial charge is 0.488 e. The molecule has 1 atom stereocenters. The van der Waals surface area contributed by atoms with Gasteiger partial charge in [0.25, 0.3) is 10.0 Å². The summed E-state index contributed by atoms with van der Waals surface area (Å²) in [5.74, 6) is -0.961. The van der Waals surface area contributed by atoms with Crippen molar-refractivity contribution in [2.24, 2.45) is 0 Å². The number of thiophene rings is 1. The van der Waals surface area contributed by atoms with Crippen molar-refractivity contribution in [2.45, 2.75) is 29.3 Å². The van der Waals surface area contributed by atoms with Gasteiger partial charge in [-0.25, -0.2) is 8.42 Å².